The molecular weight excluding hydrogens is 266 g/mol. The molecule has 6 heteroatoms. The van der Waals surface area contributed by atoms with E-state index in [1.165, 1.54) is 7.11 Å². The topological polar surface area (TPSA) is 86.5 Å². The molecule has 1 aliphatic carbocycles. The van der Waals surface area contributed by atoms with Crippen molar-refractivity contribution >= 4 is 15.8 Å². The lowest BCUT2D eigenvalue weighted by Crippen LogP contribution is -2.42. The highest BCUT2D eigenvalue weighted by atomic mass is 32.2. The number of esters is 1. The molecule has 0 aromatic heterocycles. The molecule has 0 aromatic rings. The van der Waals surface area contributed by atoms with Crippen molar-refractivity contribution in [3.8, 4) is 0 Å². The fraction of sp³-hybridized carbons (Fsp3) is 0.923. The highest BCUT2D eigenvalue weighted by molar-refractivity contribution is 7.91. The molecule has 0 radical (unpaired) electrons. The van der Waals surface area contributed by atoms with E-state index in [2.05, 4.69) is 0 Å². The number of rotatable bonds is 8. The van der Waals surface area contributed by atoms with Gasteiger partial charge in [-0.25, -0.2) is 8.42 Å². The van der Waals surface area contributed by atoms with Crippen molar-refractivity contribution in [1.29, 1.82) is 0 Å². The Bertz CT molecular complexity index is 414. The quantitative estimate of drug-likeness (QED) is 0.677. The van der Waals surface area contributed by atoms with E-state index >= 15 is 0 Å². The fourth-order valence-corrected chi connectivity index (χ4v) is 3.37. The van der Waals surface area contributed by atoms with Crippen LogP contribution >= 0.6 is 0 Å². The van der Waals surface area contributed by atoms with Crippen LogP contribution in [0.1, 0.15) is 39.5 Å². The van der Waals surface area contributed by atoms with E-state index < -0.39 is 20.5 Å². The van der Waals surface area contributed by atoms with Gasteiger partial charge in [0.15, 0.2) is 9.84 Å². The molecule has 0 aliphatic heterocycles. The smallest absolute Gasteiger partial charge is 0.313 e. The van der Waals surface area contributed by atoms with Crippen molar-refractivity contribution in [3.63, 3.8) is 0 Å². The van der Waals surface area contributed by atoms with E-state index in [-0.39, 0.29) is 24.7 Å². The summed E-state index contributed by atoms with van der Waals surface area (Å²) >= 11 is 0. The van der Waals surface area contributed by atoms with Crippen LogP contribution in [-0.4, -0.2) is 39.0 Å². The lowest BCUT2D eigenvalue weighted by Gasteiger charge is -2.29. The summed E-state index contributed by atoms with van der Waals surface area (Å²) in [6.07, 6.45) is 3.09. The molecular formula is C13H25NO4S. The second-order valence-corrected chi connectivity index (χ2v) is 8.47. The molecule has 19 heavy (non-hydrogen) atoms. The van der Waals surface area contributed by atoms with Crippen LogP contribution in [-0.2, 0) is 19.4 Å². The van der Waals surface area contributed by atoms with E-state index in [1.54, 1.807) is 13.8 Å². The predicted molar refractivity (Wildman–Crippen MR) is 74.4 cm³/mol. The summed E-state index contributed by atoms with van der Waals surface area (Å²) in [6.45, 7) is 3.45. The standard InChI is InChI=1S/C13H25NO4S/c1-10(2)19(16,17)7-6-13(9-14,12(15)18-3)8-11-4-5-11/h10-11H,4-9,14H2,1-3H3. The molecule has 1 unspecified atom stereocenters. The zero-order valence-electron chi connectivity index (χ0n) is 12.0. The highest BCUT2D eigenvalue weighted by Crippen LogP contribution is 2.42. The molecule has 0 saturated heterocycles. The Kier molecular flexibility index (Phi) is 5.38. The Hall–Kier alpha value is -0.620. The van der Waals surface area contributed by atoms with Gasteiger partial charge in [0.25, 0.3) is 0 Å². The summed E-state index contributed by atoms with van der Waals surface area (Å²) in [6, 6.07) is 0. The first kappa shape index (κ1) is 16.4. The van der Waals surface area contributed by atoms with Gasteiger partial charge in [-0.3, -0.25) is 4.79 Å². The summed E-state index contributed by atoms with van der Waals surface area (Å²) in [7, 11) is -1.83. The molecule has 5 nitrogen and oxygen atoms in total. The van der Waals surface area contributed by atoms with Crippen molar-refractivity contribution in [2.24, 2.45) is 17.1 Å². The first-order valence-electron chi connectivity index (χ1n) is 6.77. The maximum absolute atomic E-state index is 12.0. The minimum absolute atomic E-state index is 0.0102. The Morgan fingerprint density at radius 1 is 1.42 bits per heavy atom. The highest BCUT2D eigenvalue weighted by Gasteiger charge is 2.43. The van der Waals surface area contributed by atoms with E-state index in [4.69, 9.17) is 10.5 Å². The van der Waals surface area contributed by atoms with Gasteiger partial charge in [-0.1, -0.05) is 12.8 Å². The third-order valence-corrected chi connectivity index (χ3v) is 6.18. The zero-order valence-corrected chi connectivity index (χ0v) is 12.8. The number of ether oxygens (including phenoxy) is 1. The van der Waals surface area contributed by atoms with Gasteiger partial charge in [-0.15, -0.1) is 0 Å². The minimum Gasteiger partial charge on any atom is -0.469 e. The number of carbonyl (C=O) groups is 1. The summed E-state index contributed by atoms with van der Waals surface area (Å²) in [4.78, 5) is 12.0. The SMILES string of the molecule is COC(=O)C(CN)(CCS(=O)(=O)C(C)C)CC1CC1. The van der Waals surface area contributed by atoms with Gasteiger partial charge in [0, 0.05) is 6.54 Å². The molecule has 1 rings (SSSR count). The minimum atomic E-state index is -3.16. The van der Waals surface area contributed by atoms with Crippen molar-refractivity contribution in [2.45, 2.75) is 44.8 Å². The largest absolute Gasteiger partial charge is 0.469 e. The predicted octanol–water partition coefficient (Wildman–Crippen LogP) is 1.12. The van der Waals surface area contributed by atoms with Crippen molar-refractivity contribution in [1.82, 2.24) is 0 Å². The monoisotopic (exact) mass is 291 g/mol. The second kappa shape index (κ2) is 6.22. The van der Waals surface area contributed by atoms with Crippen molar-refractivity contribution in [3.05, 3.63) is 0 Å². The normalized spacial score (nSPS) is 19.2. The molecule has 0 bridgehead atoms. The van der Waals surface area contributed by atoms with Crippen LogP contribution in [0, 0.1) is 11.3 Å². The van der Waals surface area contributed by atoms with E-state index in [9.17, 15) is 13.2 Å². The number of sulfone groups is 1. The fourth-order valence-electron chi connectivity index (χ4n) is 2.22. The van der Waals surface area contributed by atoms with E-state index in [0.717, 1.165) is 12.8 Å². The first-order valence-corrected chi connectivity index (χ1v) is 8.49. The molecule has 1 atom stereocenters. The molecule has 0 heterocycles. The molecule has 2 N–H and O–H groups in total. The Morgan fingerprint density at radius 3 is 2.37 bits per heavy atom. The number of methoxy groups -OCH3 is 1. The summed E-state index contributed by atoms with van der Waals surface area (Å²) in [5.41, 5.74) is 4.93. The summed E-state index contributed by atoms with van der Waals surface area (Å²) in [5.74, 6) is 0.106. The third-order valence-electron chi connectivity index (χ3n) is 3.97. The third kappa shape index (κ3) is 4.18. The van der Waals surface area contributed by atoms with Crippen LogP contribution in [0.15, 0.2) is 0 Å². The van der Waals surface area contributed by atoms with Crippen LogP contribution in [0.25, 0.3) is 0 Å². The van der Waals surface area contributed by atoms with E-state index in [0.29, 0.717) is 12.3 Å². The van der Waals surface area contributed by atoms with Crippen LogP contribution in [0.2, 0.25) is 0 Å². The Morgan fingerprint density at radius 2 is 2.00 bits per heavy atom. The molecule has 0 aromatic carbocycles. The maximum Gasteiger partial charge on any atom is 0.313 e. The number of nitrogens with two attached hydrogens (primary N) is 1. The Balaban J connectivity index is 2.81. The maximum atomic E-state index is 12.0. The van der Waals surface area contributed by atoms with Crippen LogP contribution < -0.4 is 5.73 Å². The van der Waals surface area contributed by atoms with Gasteiger partial charge in [-0.2, -0.15) is 0 Å². The average Bonchev–Trinajstić information content (AvgIpc) is 3.17. The molecule has 0 amide bonds. The van der Waals surface area contributed by atoms with Gasteiger partial charge in [0.05, 0.1) is 23.5 Å². The number of hydrogen-bond acceptors (Lipinski definition) is 5. The molecule has 112 valence electrons. The van der Waals surface area contributed by atoms with Crippen LogP contribution in [0.5, 0.6) is 0 Å². The van der Waals surface area contributed by atoms with Gasteiger partial charge in [-0.05, 0) is 32.6 Å². The molecule has 0 spiro atoms. The lowest BCUT2D eigenvalue weighted by atomic mass is 9.80. The van der Waals surface area contributed by atoms with Gasteiger partial charge in [0.2, 0.25) is 0 Å². The number of carbonyl (C=O) groups excluding carboxylic acids is 1. The van der Waals surface area contributed by atoms with Crippen molar-refractivity contribution in [2.75, 3.05) is 19.4 Å². The molecule has 1 fully saturated rings. The van der Waals surface area contributed by atoms with Gasteiger partial charge < -0.3 is 10.5 Å². The first-order chi connectivity index (χ1) is 8.77. The number of hydrogen-bond donors (Lipinski definition) is 1. The summed E-state index contributed by atoms with van der Waals surface area (Å²) < 4.78 is 28.7. The van der Waals surface area contributed by atoms with Crippen LogP contribution in [0.3, 0.4) is 0 Å². The zero-order chi connectivity index (χ0) is 14.7. The Labute approximate surface area is 115 Å². The summed E-state index contributed by atoms with van der Waals surface area (Å²) in [5, 5.41) is -0.429. The van der Waals surface area contributed by atoms with Gasteiger partial charge in [0.1, 0.15) is 0 Å². The van der Waals surface area contributed by atoms with E-state index in [1.807, 2.05) is 0 Å². The van der Waals surface area contributed by atoms with Crippen molar-refractivity contribution < 1.29 is 17.9 Å². The second-order valence-electron chi connectivity index (χ2n) is 5.79. The average molecular weight is 291 g/mol. The molecule has 1 aliphatic rings. The lowest BCUT2D eigenvalue weighted by molar-refractivity contribution is -0.153. The molecule has 1 saturated carbocycles. The van der Waals surface area contributed by atoms with Gasteiger partial charge >= 0.3 is 5.97 Å². The van der Waals surface area contributed by atoms with Crippen LogP contribution in [0.4, 0.5) is 0 Å².